The molecule has 6 heteroatoms. The van der Waals surface area contributed by atoms with Gasteiger partial charge in [0.2, 0.25) is 0 Å². The largest absolute Gasteiger partial charge is 1.00 e. The van der Waals surface area contributed by atoms with Crippen molar-refractivity contribution in [2.24, 2.45) is 0 Å². The zero-order chi connectivity index (χ0) is 8.91. The molecule has 0 aromatic heterocycles. The summed E-state index contributed by atoms with van der Waals surface area (Å²) >= 11 is 0. The summed E-state index contributed by atoms with van der Waals surface area (Å²) in [5, 5.41) is 0. The summed E-state index contributed by atoms with van der Waals surface area (Å²) < 4.78 is 15.5. The van der Waals surface area contributed by atoms with Crippen molar-refractivity contribution in [2.45, 2.75) is 20.8 Å². The summed E-state index contributed by atoms with van der Waals surface area (Å²) in [7, 11) is -3.66. The number of hydrogen-bond acceptors (Lipinski definition) is 2. The van der Waals surface area contributed by atoms with Crippen molar-refractivity contribution in [3.8, 4) is 0 Å². The number of rotatable bonds is 5. The van der Waals surface area contributed by atoms with Crippen LogP contribution in [0.2, 0.25) is 0 Å². The van der Waals surface area contributed by atoms with Gasteiger partial charge in [0.25, 0.3) is 0 Å². The molecule has 0 fully saturated rings. The molecule has 0 aliphatic rings. The van der Waals surface area contributed by atoms with Crippen LogP contribution in [0.25, 0.3) is 0 Å². The van der Waals surface area contributed by atoms with E-state index >= 15 is 0 Å². The Morgan fingerprint density at radius 1 is 1.33 bits per heavy atom. The van der Waals surface area contributed by atoms with E-state index < -0.39 is 18.6 Å². The quantitative estimate of drug-likeness (QED) is 0.522. The smallest absolute Gasteiger partial charge is 1.00 e. The van der Waals surface area contributed by atoms with Gasteiger partial charge >= 0.3 is 59.6 Å². The van der Waals surface area contributed by atoms with E-state index in [0.717, 1.165) is 17.3 Å². The first-order chi connectivity index (χ1) is 5.10. The van der Waals surface area contributed by atoms with Crippen LogP contribution in [0.5, 0.6) is 0 Å². The minimum Gasteiger partial charge on any atom is -1.00 e. The van der Waals surface area contributed by atoms with Gasteiger partial charge in [-0.25, -0.2) is 0 Å². The van der Waals surface area contributed by atoms with Crippen LogP contribution in [-0.4, -0.2) is 22.2 Å². The Balaban J connectivity index is -0.000000500. The van der Waals surface area contributed by atoms with E-state index in [1.165, 1.54) is 0 Å². The topological polar surface area (TPSA) is 46.5 Å². The van der Waals surface area contributed by atoms with Crippen LogP contribution in [0.1, 0.15) is 22.2 Å². The van der Waals surface area contributed by atoms with Crippen LogP contribution in [0, 0.1) is 0 Å². The molecule has 0 aliphatic carbocycles. The fourth-order valence-electron chi connectivity index (χ4n) is 0.906. The molecule has 0 amide bonds. The third kappa shape index (κ3) is 5.68. The molecule has 0 aromatic rings. The molecule has 0 aliphatic heterocycles. The van der Waals surface area contributed by atoms with E-state index in [2.05, 4.69) is 0 Å². The summed E-state index contributed by atoms with van der Waals surface area (Å²) in [5.41, 5.74) is 0. The summed E-state index contributed by atoms with van der Waals surface area (Å²) in [4.78, 5) is 8.59. The molecule has 0 aromatic carbocycles. The van der Waals surface area contributed by atoms with Gasteiger partial charge in [-0.1, -0.05) is 35.1 Å². The second-order valence-electron chi connectivity index (χ2n) is 2.14. The second kappa shape index (κ2) is 8.33. The van der Waals surface area contributed by atoms with Gasteiger partial charge in [0.05, 0.1) is 0 Å². The van der Waals surface area contributed by atoms with Crippen molar-refractivity contribution < 1.29 is 66.2 Å². The zero-order valence-corrected chi connectivity index (χ0v) is 13.1. The third-order valence-electron chi connectivity index (χ3n) is 1.80. The van der Waals surface area contributed by atoms with Crippen molar-refractivity contribution >= 4 is 18.6 Å². The maximum absolute atomic E-state index is 10.4. The minimum absolute atomic E-state index is 0. The van der Waals surface area contributed by atoms with E-state index in [1.54, 1.807) is 0 Å². The monoisotopic (exact) mass is 239 g/mol. The molecular formula is C6H17KO3PS+. The Labute approximate surface area is 121 Å². The third-order valence-corrected chi connectivity index (χ3v) is 6.73. The molecule has 0 heterocycles. The van der Waals surface area contributed by atoms with E-state index in [9.17, 15) is 4.57 Å². The van der Waals surface area contributed by atoms with Crippen LogP contribution in [-0.2, 0) is 8.54 Å². The molecular weight excluding hydrogens is 222 g/mol. The van der Waals surface area contributed by atoms with Crippen LogP contribution < -0.4 is 51.4 Å². The van der Waals surface area contributed by atoms with E-state index in [-0.39, 0.29) is 52.8 Å². The molecule has 0 spiro atoms. The van der Waals surface area contributed by atoms with Crippen molar-refractivity contribution in [1.82, 2.24) is 0 Å². The molecule has 1 N–H and O–H groups in total. The SMILES string of the molecule is CCS(CC)(CC)O[P+](=O)O.[H-].[K+]. The molecule has 0 rings (SSSR count). The first-order valence-corrected chi connectivity index (χ1v) is 6.91. The van der Waals surface area contributed by atoms with Gasteiger partial charge in [-0.3, -0.25) is 0 Å². The average molecular weight is 239 g/mol. The van der Waals surface area contributed by atoms with Gasteiger partial charge in [-0.2, -0.15) is 0 Å². The van der Waals surface area contributed by atoms with Crippen LogP contribution >= 0.6 is 18.6 Å². The van der Waals surface area contributed by atoms with Gasteiger partial charge < -0.3 is 1.43 Å². The van der Waals surface area contributed by atoms with Gasteiger partial charge in [0.15, 0.2) is 0 Å². The molecule has 1 atom stereocenters. The molecule has 1 unspecified atom stereocenters. The van der Waals surface area contributed by atoms with Crippen LogP contribution in [0.3, 0.4) is 0 Å². The van der Waals surface area contributed by atoms with Gasteiger partial charge in [-0.15, -0.1) is 4.89 Å². The van der Waals surface area contributed by atoms with E-state index in [0.29, 0.717) is 0 Å². The molecule has 0 saturated carbocycles. The molecule has 70 valence electrons. The normalized spacial score (nSPS) is 13.5. The summed E-state index contributed by atoms with van der Waals surface area (Å²) in [6.07, 6.45) is 0. The Hall–Kier alpha value is 2.01. The first kappa shape index (κ1) is 16.4. The van der Waals surface area contributed by atoms with E-state index in [1.807, 2.05) is 20.8 Å². The van der Waals surface area contributed by atoms with Crippen molar-refractivity contribution in [3.05, 3.63) is 0 Å². The Kier molecular flexibility index (Phi) is 11.4. The summed E-state index contributed by atoms with van der Waals surface area (Å²) in [6.45, 7) is 6.00. The standard InChI is InChI=1S/C6H15O3PS.K.H/c1-4-11(5-2,6-3)9-10(7)8;;/h4-6H2,1-3H3;;/q;+1;-1/p+1. The van der Waals surface area contributed by atoms with Crippen molar-refractivity contribution in [3.63, 3.8) is 0 Å². The van der Waals surface area contributed by atoms with Gasteiger partial charge in [0.1, 0.15) is 0 Å². The Morgan fingerprint density at radius 2 is 1.67 bits per heavy atom. The van der Waals surface area contributed by atoms with Crippen LogP contribution in [0.15, 0.2) is 0 Å². The second-order valence-corrected chi connectivity index (χ2v) is 6.88. The summed E-state index contributed by atoms with van der Waals surface area (Å²) in [6, 6.07) is 0. The zero-order valence-electron chi connectivity index (χ0n) is 9.24. The Morgan fingerprint density at radius 3 is 1.75 bits per heavy atom. The Bertz CT molecular complexity index is 138. The molecule has 3 nitrogen and oxygen atoms in total. The molecule has 12 heavy (non-hydrogen) atoms. The fourth-order valence-corrected chi connectivity index (χ4v) is 4.48. The van der Waals surface area contributed by atoms with E-state index in [4.69, 9.17) is 8.86 Å². The maximum atomic E-state index is 10.4. The first-order valence-electron chi connectivity index (χ1n) is 3.72. The molecule has 0 radical (unpaired) electrons. The molecule has 0 saturated heterocycles. The molecule has 0 bridgehead atoms. The van der Waals surface area contributed by atoms with Gasteiger partial charge in [-0.05, 0) is 0 Å². The van der Waals surface area contributed by atoms with Crippen molar-refractivity contribution in [2.75, 3.05) is 17.3 Å². The minimum atomic E-state index is -2.42. The predicted octanol–water partition coefficient (Wildman–Crippen LogP) is -0.451. The predicted molar refractivity (Wildman–Crippen MR) is 51.2 cm³/mol. The average Bonchev–Trinajstić information content (AvgIpc) is 2.00. The maximum Gasteiger partial charge on any atom is 1.00 e. The van der Waals surface area contributed by atoms with Crippen molar-refractivity contribution in [1.29, 1.82) is 0 Å². The fraction of sp³-hybridized carbons (Fsp3) is 1.00. The van der Waals surface area contributed by atoms with Crippen LogP contribution in [0.4, 0.5) is 0 Å². The number of hydrogen-bond donors (Lipinski definition) is 1. The van der Waals surface area contributed by atoms with Gasteiger partial charge in [0, 0.05) is 21.8 Å². The summed E-state index contributed by atoms with van der Waals surface area (Å²) in [5.74, 6) is 2.59.